The number of ether oxygens (including phenoxy) is 2. The van der Waals surface area contributed by atoms with E-state index in [9.17, 15) is 14.4 Å². The van der Waals surface area contributed by atoms with Gasteiger partial charge in [0, 0.05) is 17.8 Å². The molecule has 0 saturated carbocycles. The summed E-state index contributed by atoms with van der Waals surface area (Å²) < 4.78 is 14.2. The van der Waals surface area contributed by atoms with Crippen LogP contribution in [-0.2, 0) is 21.4 Å². The van der Waals surface area contributed by atoms with Crippen molar-refractivity contribution in [1.29, 1.82) is 0 Å². The third kappa shape index (κ3) is 2.79. The quantitative estimate of drug-likeness (QED) is 0.247. The number of nitrogens with one attached hydrogen (secondary N) is 1. The minimum absolute atomic E-state index is 0.0838. The van der Waals surface area contributed by atoms with Gasteiger partial charge in [0.15, 0.2) is 11.5 Å². The Hall–Kier alpha value is -3.87. The number of benzene rings is 3. The van der Waals surface area contributed by atoms with E-state index in [-0.39, 0.29) is 11.8 Å². The first-order valence-corrected chi connectivity index (χ1v) is 11.3. The molecule has 1 fully saturated rings. The van der Waals surface area contributed by atoms with E-state index in [1.807, 2.05) is 74.9 Å². The fourth-order valence-electron chi connectivity index (χ4n) is 5.52. The average Bonchev–Trinajstić information content (AvgIpc) is 2.93. The second kappa shape index (κ2) is 6.82. The van der Waals surface area contributed by atoms with Gasteiger partial charge in [0.25, 0.3) is 0 Å². The Morgan fingerprint density at radius 2 is 1.76 bits per heavy atom. The van der Waals surface area contributed by atoms with E-state index in [1.54, 1.807) is 0 Å². The van der Waals surface area contributed by atoms with Crippen LogP contribution in [0.2, 0.25) is 0 Å². The molecule has 7 nitrogen and oxygen atoms in total. The van der Waals surface area contributed by atoms with E-state index in [4.69, 9.17) is 9.47 Å². The molecule has 3 heterocycles. The maximum atomic E-state index is 13.8. The largest absolute Gasteiger partial charge is 0.485 e. The first kappa shape index (κ1) is 20.7. The van der Waals surface area contributed by atoms with Crippen LogP contribution in [0, 0.1) is 6.92 Å². The predicted molar refractivity (Wildman–Crippen MR) is 129 cm³/mol. The Kier molecular flexibility index (Phi) is 4.16. The lowest BCUT2D eigenvalue weighted by atomic mass is 9.84. The van der Waals surface area contributed by atoms with E-state index < -0.39 is 29.6 Å². The fourth-order valence-corrected chi connectivity index (χ4v) is 5.52. The molecule has 6 rings (SSSR count). The van der Waals surface area contributed by atoms with Crippen molar-refractivity contribution in [1.82, 2.24) is 9.88 Å². The monoisotopic (exact) mass is 456 g/mol. The van der Waals surface area contributed by atoms with Crippen molar-refractivity contribution in [3.8, 4) is 5.75 Å². The number of aromatic nitrogens is 1. The molecular formula is C27H24N2O5. The van der Waals surface area contributed by atoms with Crippen LogP contribution in [-0.4, -0.2) is 28.1 Å². The van der Waals surface area contributed by atoms with E-state index in [0.29, 0.717) is 27.6 Å². The number of hydrogen-bond acceptors (Lipinski definition) is 5. The van der Waals surface area contributed by atoms with Crippen molar-refractivity contribution >= 4 is 44.5 Å². The number of nitrogens with zero attached hydrogens (tertiary/aromatic N) is 1. The molecule has 3 aromatic carbocycles. The van der Waals surface area contributed by atoms with Gasteiger partial charge in [0.05, 0.1) is 16.6 Å². The molecule has 34 heavy (non-hydrogen) atoms. The Balaban J connectivity index is 1.77. The molecule has 1 N–H and O–H groups in total. The minimum atomic E-state index is -0.829. The van der Waals surface area contributed by atoms with Crippen molar-refractivity contribution in [2.24, 2.45) is 7.05 Å². The molecule has 2 atom stereocenters. The van der Waals surface area contributed by atoms with E-state index in [2.05, 4.69) is 5.32 Å². The summed E-state index contributed by atoms with van der Waals surface area (Å²) in [7, 11) is 1.91. The molecule has 1 aromatic heterocycles. The molecule has 2 unspecified atom stereocenters. The lowest BCUT2D eigenvalue weighted by molar-refractivity contribution is -0.152. The number of esters is 1. The number of carbonyl (C=O) groups is 2. The van der Waals surface area contributed by atoms with Crippen LogP contribution in [0.25, 0.3) is 32.6 Å². The van der Waals surface area contributed by atoms with E-state index in [0.717, 1.165) is 21.9 Å². The maximum Gasteiger partial charge on any atom is 0.316 e. The Bertz CT molecular complexity index is 1630. The molecule has 1 saturated heterocycles. The summed E-state index contributed by atoms with van der Waals surface area (Å²) in [6, 6.07) is 13.1. The molecule has 7 heteroatoms. The zero-order valence-corrected chi connectivity index (χ0v) is 19.4. The smallest absolute Gasteiger partial charge is 0.316 e. The van der Waals surface area contributed by atoms with Crippen LogP contribution in [0.5, 0.6) is 5.75 Å². The van der Waals surface area contributed by atoms with Gasteiger partial charge in [0.2, 0.25) is 5.91 Å². The predicted octanol–water partition coefficient (Wildman–Crippen LogP) is 3.80. The molecule has 2 aliphatic rings. The van der Waals surface area contributed by atoms with Crippen molar-refractivity contribution in [3.63, 3.8) is 0 Å². The number of aryl methyl sites for hydroxylation is 2. The molecule has 4 aromatic rings. The van der Waals surface area contributed by atoms with Crippen LogP contribution in [0.4, 0.5) is 0 Å². The van der Waals surface area contributed by atoms with Gasteiger partial charge >= 0.3 is 5.97 Å². The van der Waals surface area contributed by atoms with Crippen LogP contribution in [0.1, 0.15) is 37.5 Å². The number of hydrogen-bond donors (Lipinski definition) is 1. The topological polar surface area (TPSA) is 86.6 Å². The molecule has 2 aliphatic heterocycles. The maximum absolute atomic E-state index is 13.8. The molecule has 0 bridgehead atoms. The second-order valence-electron chi connectivity index (χ2n) is 9.77. The molecule has 172 valence electrons. The normalized spacial score (nSPS) is 21.4. The lowest BCUT2D eigenvalue weighted by Gasteiger charge is -2.44. The third-order valence-electron chi connectivity index (χ3n) is 7.12. The minimum Gasteiger partial charge on any atom is -0.485 e. The van der Waals surface area contributed by atoms with Crippen molar-refractivity contribution in [2.45, 2.75) is 44.9 Å². The summed E-state index contributed by atoms with van der Waals surface area (Å²) >= 11 is 0. The van der Waals surface area contributed by atoms with Gasteiger partial charge in [-0.1, -0.05) is 24.3 Å². The van der Waals surface area contributed by atoms with E-state index >= 15 is 0 Å². The first-order valence-electron chi connectivity index (χ1n) is 11.3. The number of fused-ring (bicyclic) bond motifs is 7. The fraction of sp³-hybridized carbons (Fsp3) is 0.296. The Morgan fingerprint density at radius 3 is 2.50 bits per heavy atom. The van der Waals surface area contributed by atoms with Gasteiger partial charge in [0.1, 0.15) is 23.8 Å². The standard InChI is InChI=1S/C27H24N2O5/c1-13-9-18-22(25-26(27(2,3)34-18)28-19(30)12-20(31)33-25)23-21(13)24(32)16-10-14-7-5-6-8-15(14)11-17(16)29(23)4/h5-11,25-26H,12H2,1-4H3,(H,28,30). The molecule has 1 amide bonds. The van der Waals surface area contributed by atoms with Crippen LogP contribution < -0.4 is 15.5 Å². The van der Waals surface area contributed by atoms with Crippen LogP contribution in [0.3, 0.4) is 0 Å². The number of carbonyl (C=O) groups excluding carboxylic acids is 2. The molecule has 0 radical (unpaired) electrons. The average molecular weight is 456 g/mol. The third-order valence-corrected chi connectivity index (χ3v) is 7.12. The Labute approximate surface area is 195 Å². The van der Waals surface area contributed by atoms with Gasteiger partial charge in [-0.3, -0.25) is 14.4 Å². The SMILES string of the molecule is Cc1cc2c(c3c1c(=O)c1cc4ccccc4cc1n3C)C1OC(=O)CC(=O)NC1C(C)(C)O2. The summed E-state index contributed by atoms with van der Waals surface area (Å²) in [6.07, 6.45) is -1.14. The summed E-state index contributed by atoms with van der Waals surface area (Å²) in [5, 5.41) is 6.11. The van der Waals surface area contributed by atoms with Gasteiger partial charge in [-0.2, -0.15) is 0 Å². The second-order valence-corrected chi connectivity index (χ2v) is 9.77. The number of rotatable bonds is 0. The Morgan fingerprint density at radius 1 is 1.06 bits per heavy atom. The molecule has 0 aliphatic carbocycles. The van der Waals surface area contributed by atoms with Crippen molar-refractivity contribution < 1.29 is 19.1 Å². The van der Waals surface area contributed by atoms with Crippen LogP contribution in [0.15, 0.2) is 47.3 Å². The summed E-state index contributed by atoms with van der Waals surface area (Å²) in [6.45, 7) is 5.61. The summed E-state index contributed by atoms with van der Waals surface area (Å²) in [5.41, 5.74) is 1.90. The first-order chi connectivity index (χ1) is 16.2. The number of amides is 1. The highest BCUT2D eigenvalue weighted by Gasteiger charge is 2.49. The lowest BCUT2D eigenvalue weighted by Crippen LogP contribution is -2.57. The highest BCUT2D eigenvalue weighted by Crippen LogP contribution is 2.47. The molecular weight excluding hydrogens is 432 g/mol. The van der Waals surface area contributed by atoms with Crippen LogP contribution >= 0.6 is 0 Å². The summed E-state index contributed by atoms with van der Waals surface area (Å²) in [4.78, 5) is 38.7. The number of pyridine rings is 1. The van der Waals surface area contributed by atoms with E-state index in [1.165, 1.54) is 0 Å². The highest BCUT2D eigenvalue weighted by molar-refractivity contribution is 6.04. The van der Waals surface area contributed by atoms with Gasteiger partial charge in [-0.15, -0.1) is 0 Å². The summed E-state index contributed by atoms with van der Waals surface area (Å²) in [5.74, 6) is -0.450. The zero-order chi connectivity index (χ0) is 23.9. The highest BCUT2D eigenvalue weighted by atomic mass is 16.6. The van der Waals surface area contributed by atoms with Gasteiger partial charge in [-0.25, -0.2) is 0 Å². The molecule has 0 spiro atoms. The van der Waals surface area contributed by atoms with Gasteiger partial charge in [-0.05, 0) is 55.3 Å². The van der Waals surface area contributed by atoms with Crippen molar-refractivity contribution in [3.05, 3.63) is 63.8 Å². The van der Waals surface area contributed by atoms with Crippen molar-refractivity contribution in [2.75, 3.05) is 0 Å². The zero-order valence-electron chi connectivity index (χ0n) is 19.4. The van der Waals surface area contributed by atoms with Gasteiger partial charge < -0.3 is 19.4 Å².